The quantitative estimate of drug-likeness (QED) is 0.649. The van der Waals surface area contributed by atoms with Crippen LogP contribution in [0, 0.1) is 5.92 Å². The Bertz CT molecular complexity index is 106. The summed E-state index contributed by atoms with van der Waals surface area (Å²) in [5.41, 5.74) is 0. The maximum atomic E-state index is 5.56. The summed E-state index contributed by atoms with van der Waals surface area (Å²) in [5.74, 6) is 0.628. The van der Waals surface area contributed by atoms with E-state index in [4.69, 9.17) is 9.47 Å². The average molecular weight is 172 g/mol. The summed E-state index contributed by atoms with van der Waals surface area (Å²) in [4.78, 5) is 0. The Kier molecular flexibility index (Phi) is 4.62. The van der Waals surface area contributed by atoms with Crippen molar-refractivity contribution in [1.82, 2.24) is 0 Å². The second-order valence-electron chi connectivity index (χ2n) is 3.51. The van der Waals surface area contributed by atoms with Crippen molar-refractivity contribution >= 4 is 0 Å². The molecule has 0 radical (unpaired) electrons. The van der Waals surface area contributed by atoms with Crippen molar-refractivity contribution in [3.63, 3.8) is 0 Å². The van der Waals surface area contributed by atoms with E-state index in [1.54, 1.807) is 0 Å². The summed E-state index contributed by atoms with van der Waals surface area (Å²) in [6.45, 7) is 6.16. The summed E-state index contributed by atoms with van der Waals surface area (Å²) in [7, 11) is 0. The monoisotopic (exact) mass is 172 g/mol. The fraction of sp³-hybridized carbons (Fsp3) is 1.00. The van der Waals surface area contributed by atoms with Gasteiger partial charge in [-0.1, -0.05) is 20.3 Å². The highest BCUT2D eigenvalue weighted by atomic mass is 16.7. The van der Waals surface area contributed by atoms with Crippen LogP contribution in [0.15, 0.2) is 0 Å². The van der Waals surface area contributed by atoms with Gasteiger partial charge in [0.1, 0.15) is 0 Å². The van der Waals surface area contributed by atoms with Gasteiger partial charge in [-0.3, -0.25) is 0 Å². The lowest BCUT2D eigenvalue weighted by atomic mass is 10.1. The lowest BCUT2D eigenvalue weighted by Crippen LogP contribution is -2.31. The normalized spacial score (nSPS) is 30.5. The number of unbranched alkanes of at least 4 members (excludes halogenated alkanes) is 1. The molecule has 0 aromatic heterocycles. The molecule has 1 aliphatic rings. The smallest absolute Gasteiger partial charge is 0.157 e. The van der Waals surface area contributed by atoms with Crippen molar-refractivity contribution in [2.75, 3.05) is 13.2 Å². The molecule has 0 aliphatic carbocycles. The third-order valence-electron chi connectivity index (χ3n) is 2.41. The Labute approximate surface area is 75.2 Å². The van der Waals surface area contributed by atoms with Crippen LogP contribution in [-0.2, 0) is 9.47 Å². The van der Waals surface area contributed by atoms with Gasteiger partial charge < -0.3 is 9.47 Å². The molecule has 12 heavy (non-hydrogen) atoms. The average Bonchev–Trinajstić information content (AvgIpc) is 2.15. The van der Waals surface area contributed by atoms with Crippen molar-refractivity contribution in [2.45, 2.75) is 45.8 Å². The minimum atomic E-state index is 0.0905. The van der Waals surface area contributed by atoms with Gasteiger partial charge in [-0.15, -0.1) is 0 Å². The fourth-order valence-electron chi connectivity index (χ4n) is 1.36. The first-order chi connectivity index (χ1) is 5.86. The SMILES string of the molecule is CCCCC1OCC(CC)CO1. The van der Waals surface area contributed by atoms with E-state index in [1.165, 1.54) is 19.3 Å². The molecule has 0 saturated carbocycles. The molecule has 1 fully saturated rings. The van der Waals surface area contributed by atoms with Crippen LogP contribution in [0.4, 0.5) is 0 Å². The first-order valence-electron chi connectivity index (χ1n) is 5.10. The predicted molar refractivity (Wildman–Crippen MR) is 49.0 cm³/mol. The molecule has 0 spiro atoms. The number of rotatable bonds is 4. The lowest BCUT2D eigenvalue weighted by Gasteiger charge is -2.28. The van der Waals surface area contributed by atoms with Gasteiger partial charge in [0.05, 0.1) is 13.2 Å². The molecule has 2 nitrogen and oxygen atoms in total. The standard InChI is InChI=1S/C10H20O2/c1-3-5-6-10-11-7-9(4-2)8-12-10/h9-10H,3-8H2,1-2H3. The van der Waals surface area contributed by atoms with E-state index in [2.05, 4.69) is 13.8 Å². The van der Waals surface area contributed by atoms with Crippen LogP contribution in [0.25, 0.3) is 0 Å². The molecule has 1 saturated heterocycles. The Morgan fingerprint density at radius 1 is 1.17 bits per heavy atom. The Balaban J connectivity index is 2.09. The van der Waals surface area contributed by atoms with Gasteiger partial charge in [0, 0.05) is 5.92 Å². The third kappa shape index (κ3) is 3.11. The molecule has 0 bridgehead atoms. The van der Waals surface area contributed by atoms with Crippen LogP contribution >= 0.6 is 0 Å². The summed E-state index contributed by atoms with van der Waals surface area (Å²) >= 11 is 0. The minimum Gasteiger partial charge on any atom is -0.352 e. The van der Waals surface area contributed by atoms with Crippen molar-refractivity contribution in [2.24, 2.45) is 5.92 Å². The highest BCUT2D eigenvalue weighted by molar-refractivity contribution is 4.61. The van der Waals surface area contributed by atoms with Gasteiger partial charge in [-0.2, -0.15) is 0 Å². The van der Waals surface area contributed by atoms with E-state index in [0.717, 1.165) is 19.6 Å². The molecule has 72 valence electrons. The lowest BCUT2D eigenvalue weighted by molar-refractivity contribution is -0.203. The third-order valence-corrected chi connectivity index (χ3v) is 2.41. The first kappa shape index (κ1) is 10.0. The highest BCUT2D eigenvalue weighted by Crippen LogP contribution is 2.17. The molecule has 2 heteroatoms. The largest absolute Gasteiger partial charge is 0.352 e. The molecule has 0 aromatic carbocycles. The van der Waals surface area contributed by atoms with Crippen molar-refractivity contribution in [3.05, 3.63) is 0 Å². The molecule has 1 rings (SSSR count). The van der Waals surface area contributed by atoms with Gasteiger partial charge in [0.15, 0.2) is 6.29 Å². The molecular weight excluding hydrogens is 152 g/mol. The Morgan fingerprint density at radius 3 is 2.33 bits per heavy atom. The van der Waals surface area contributed by atoms with E-state index in [1.807, 2.05) is 0 Å². The summed E-state index contributed by atoms with van der Waals surface area (Å²) in [6.07, 6.45) is 4.75. The van der Waals surface area contributed by atoms with Crippen molar-refractivity contribution in [1.29, 1.82) is 0 Å². The zero-order valence-corrected chi connectivity index (χ0v) is 8.21. The molecule has 0 N–H and O–H groups in total. The minimum absolute atomic E-state index is 0.0905. The van der Waals surface area contributed by atoms with Crippen molar-refractivity contribution < 1.29 is 9.47 Å². The molecule has 0 unspecified atom stereocenters. The first-order valence-corrected chi connectivity index (χ1v) is 5.10. The molecule has 0 atom stereocenters. The number of hydrogen-bond donors (Lipinski definition) is 0. The van der Waals surface area contributed by atoms with Crippen LogP contribution in [-0.4, -0.2) is 19.5 Å². The van der Waals surface area contributed by atoms with Gasteiger partial charge >= 0.3 is 0 Å². The topological polar surface area (TPSA) is 18.5 Å². The van der Waals surface area contributed by atoms with Gasteiger partial charge in [-0.25, -0.2) is 0 Å². The van der Waals surface area contributed by atoms with E-state index in [9.17, 15) is 0 Å². The predicted octanol–water partition coefficient (Wildman–Crippen LogP) is 2.58. The molecule has 0 aromatic rings. The molecule has 1 heterocycles. The highest BCUT2D eigenvalue weighted by Gasteiger charge is 2.19. The van der Waals surface area contributed by atoms with Crippen LogP contribution in [0.2, 0.25) is 0 Å². The van der Waals surface area contributed by atoms with Gasteiger partial charge in [0.2, 0.25) is 0 Å². The molecule has 1 aliphatic heterocycles. The van der Waals surface area contributed by atoms with Crippen LogP contribution in [0.5, 0.6) is 0 Å². The van der Waals surface area contributed by atoms with Crippen LogP contribution in [0.3, 0.4) is 0 Å². The van der Waals surface area contributed by atoms with Crippen molar-refractivity contribution in [3.8, 4) is 0 Å². The number of hydrogen-bond acceptors (Lipinski definition) is 2. The van der Waals surface area contributed by atoms with Crippen LogP contribution in [0.1, 0.15) is 39.5 Å². The maximum absolute atomic E-state index is 5.56. The van der Waals surface area contributed by atoms with Crippen LogP contribution < -0.4 is 0 Å². The van der Waals surface area contributed by atoms with Gasteiger partial charge in [-0.05, 0) is 19.3 Å². The van der Waals surface area contributed by atoms with E-state index in [-0.39, 0.29) is 6.29 Å². The number of ether oxygens (including phenoxy) is 2. The zero-order chi connectivity index (χ0) is 8.81. The van der Waals surface area contributed by atoms with E-state index >= 15 is 0 Å². The molecule has 0 amide bonds. The second kappa shape index (κ2) is 5.55. The Morgan fingerprint density at radius 2 is 1.83 bits per heavy atom. The summed E-state index contributed by atoms with van der Waals surface area (Å²) in [5, 5.41) is 0. The van der Waals surface area contributed by atoms with Gasteiger partial charge in [0.25, 0.3) is 0 Å². The zero-order valence-electron chi connectivity index (χ0n) is 8.21. The summed E-state index contributed by atoms with van der Waals surface area (Å²) in [6, 6.07) is 0. The second-order valence-corrected chi connectivity index (χ2v) is 3.51. The fourth-order valence-corrected chi connectivity index (χ4v) is 1.36. The Hall–Kier alpha value is -0.0800. The van der Waals surface area contributed by atoms with E-state index < -0.39 is 0 Å². The summed E-state index contributed by atoms with van der Waals surface area (Å²) < 4.78 is 11.1. The molecular formula is C10H20O2. The maximum Gasteiger partial charge on any atom is 0.157 e. The van der Waals surface area contributed by atoms with E-state index in [0.29, 0.717) is 5.92 Å².